The summed E-state index contributed by atoms with van der Waals surface area (Å²) in [5, 5.41) is 0. The van der Waals surface area contributed by atoms with Crippen LogP contribution in [0.25, 0.3) is 0 Å². The summed E-state index contributed by atoms with van der Waals surface area (Å²) in [6.45, 7) is 5.83. The fraction of sp³-hybridized carbons (Fsp3) is 0.500. The van der Waals surface area contributed by atoms with E-state index in [1.165, 1.54) is 0 Å². The highest BCUT2D eigenvalue weighted by Crippen LogP contribution is 2.18. The average molecular weight is 235 g/mol. The molecular formula is C14H21NO2. The third-order valence-corrected chi connectivity index (χ3v) is 3.09. The maximum atomic E-state index is 11.8. The number of esters is 1. The van der Waals surface area contributed by atoms with E-state index >= 15 is 0 Å². The van der Waals surface area contributed by atoms with Gasteiger partial charge in [0.2, 0.25) is 0 Å². The number of hydrogen-bond donors (Lipinski definition) is 1. The molecule has 3 nitrogen and oxygen atoms in total. The van der Waals surface area contributed by atoms with E-state index in [1.807, 2.05) is 51.1 Å². The second-order valence-electron chi connectivity index (χ2n) is 4.40. The zero-order chi connectivity index (χ0) is 12.8. The topological polar surface area (TPSA) is 52.3 Å². The summed E-state index contributed by atoms with van der Waals surface area (Å²) < 4.78 is 5.36. The van der Waals surface area contributed by atoms with Gasteiger partial charge in [0.15, 0.2) is 0 Å². The third-order valence-electron chi connectivity index (χ3n) is 3.09. The van der Waals surface area contributed by atoms with Crippen molar-refractivity contribution in [3.8, 4) is 0 Å². The fourth-order valence-corrected chi connectivity index (χ4v) is 1.53. The molecule has 1 unspecified atom stereocenters. The molecule has 0 bridgehead atoms. The lowest BCUT2D eigenvalue weighted by atomic mass is 10.0. The van der Waals surface area contributed by atoms with Crippen LogP contribution >= 0.6 is 0 Å². The van der Waals surface area contributed by atoms with Crippen LogP contribution in [0.1, 0.15) is 38.9 Å². The molecule has 0 saturated carbocycles. The van der Waals surface area contributed by atoms with Crippen LogP contribution in [0.4, 0.5) is 0 Å². The van der Waals surface area contributed by atoms with E-state index in [1.54, 1.807) is 0 Å². The quantitative estimate of drug-likeness (QED) is 0.798. The van der Waals surface area contributed by atoms with Gasteiger partial charge in [0.25, 0.3) is 0 Å². The van der Waals surface area contributed by atoms with Crippen molar-refractivity contribution in [3.05, 3.63) is 35.9 Å². The number of benzene rings is 1. The molecule has 1 aromatic carbocycles. The number of rotatable bonds is 5. The maximum absolute atomic E-state index is 11.8. The van der Waals surface area contributed by atoms with E-state index in [0.717, 1.165) is 12.0 Å². The zero-order valence-electron chi connectivity index (χ0n) is 10.7. The average Bonchev–Trinajstić information content (AvgIpc) is 2.37. The molecule has 3 heteroatoms. The summed E-state index contributed by atoms with van der Waals surface area (Å²) in [5.74, 6) is -0.179. The molecule has 0 heterocycles. The van der Waals surface area contributed by atoms with Crippen LogP contribution in [-0.2, 0) is 9.53 Å². The summed E-state index contributed by atoms with van der Waals surface area (Å²) in [6.07, 6.45) is 0.620. The van der Waals surface area contributed by atoms with Crippen LogP contribution in [0.3, 0.4) is 0 Å². The highest BCUT2D eigenvalue weighted by Gasteiger charge is 2.23. The predicted octanol–water partition coefficient (Wildman–Crippen LogP) is 2.66. The Morgan fingerprint density at radius 3 is 2.41 bits per heavy atom. The summed E-state index contributed by atoms with van der Waals surface area (Å²) in [6, 6.07) is 9.12. The van der Waals surface area contributed by atoms with Gasteiger partial charge in [-0.1, -0.05) is 50.6 Å². The highest BCUT2D eigenvalue weighted by atomic mass is 16.5. The molecule has 0 aliphatic rings. The number of ether oxygens (including phenoxy) is 1. The first-order chi connectivity index (χ1) is 8.06. The molecule has 0 aliphatic heterocycles. The van der Waals surface area contributed by atoms with Crippen molar-refractivity contribution >= 4 is 5.97 Å². The van der Waals surface area contributed by atoms with E-state index in [-0.39, 0.29) is 18.0 Å². The fourth-order valence-electron chi connectivity index (χ4n) is 1.53. The Balaban J connectivity index is 2.57. The number of hydrogen-bond acceptors (Lipinski definition) is 3. The maximum Gasteiger partial charge on any atom is 0.323 e. The van der Waals surface area contributed by atoms with Gasteiger partial charge in [-0.15, -0.1) is 0 Å². The number of carbonyl (C=O) groups excluding carboxylic acids is 1. The summed E-state index contributed by atoms with van der Waals surface area (Å²) >= 11 is 0. The van der Waals surface area contributed by atoms with E-state index in [0.29, 0.717) is 0 Å². The van der Waals surface area contributed by atoms with Crippen LogP contribution in [0.5, 0.6) is 0 Å². The molecule has 0 aromatic heterocycles. The normalized spacial score (nSPS) is 16.0. The summed E-state index contributed by atoms with van der Waals surface area (Å²) in [5.41, 5.74) is 6.81. The molecule has 1 aromatic rings. The summed E-state index contributed by atoms with van der Waals surface area (Å²) in [4.78, 5) is 11.8. The Hall–Kier alpha value is -1.35. The Bertz CT molecular complexity index is 350. The van der Waals surface area contributed by atoms with E-state index in [4.69, 9.17) is 10.5 Å². The predicted molar refractivity (Wildman–Crippen MR) is 68.4 cm³/mol. The van der Waals surface area contributed by atoms with Crippen molar-refractivity contribution in [3.63, 3.8) is 0 Å². The SMILES string of the molecule is CC[C@H](C)[C@H](N)C(=O)OC(C)c1ccccc1. The minimum absolute atomic E-state index is 0.144. The van der Waals surface area contributed by atoms with Gasteiger partial charge in [0.1, 0.15) is 12.1 Å². The van der Waals surface area contributed by atoms with Gasteiger partial charge in [-0.25, -0.2) is 0 Å². The Morgan fingerprint density at radius 2 is 1.88 bits per heavy atom. The van der Waals surface area contributed by atoms with Gasteiger partial charge in [-0.3, -0.25) is 4.79 Å². The lowest BCUT2D eigenvalue weighted by Crippen LogP contribution is -2.38. The summed E-state index contributed by atoms with van der Waals surface area (Å²) in [7, 11) is 0. The molecule has 0 fully saturated rings. The molecule has 0 radical (unpaired) electrons. The molecule has 94 valence electrons. The first kappa shape index (κ1) is 13.7. The standard InChI is InChI=1S/C14H21NO2/c1-4-10(2)13(15)14(16)17-11(3)12-8-6-5-7-9-12/h5-11,13H,4,15H2,1-3H3/t10-,11?,13-/m0/s1. The van der Waals surface area contributed by atoms with Gasteiger partial charge in [-0.2, -0.15) is 0 Å². The van der Waals surface area contributed by atoms with Crippen molar-refractivity contribution < 1.29 is 9.53 Å². The monoisotopic (exact) mass is 235 g/mol. The van der Waals surface area contributed by atoms with Crippen molar-refractivity contribution in [2.24, 2.45) is 11.7 Å². The molecule has 0 spiro atoms. The van der Waals surface area contributed by atoms with E-state index in [2.05, 4.69) is 0 Å². The van der Waals surface area contributed by atoms with Gasteiger partial charge in [0, 0.05) is 0 Å². The Morgan fingerprint density at radius 1 is 1.29 bits per heavy atom. The lowest BCUT2D eigenvalue weighted by molar-refractivity contribution is -0.151. The van der Waals surface area contributed by atoms with Crippen LogP contribution in [0.2, 0.25) is 0 Å². The Labute approximate surface area is 103 Å². The van der Waals surface area contributed by atoms with Crippen LogP contribution < -0.4 is 5.73 Å². The molecule has 2 N–H and O–H groups in total. The van der Waals surface area contributed by atoms with Crippen molar-refractivity contribution in [1.29, 1.82) is 0 Å². The van der Waals surface area contributed by atoms with Crippen molar-refractivity contribution in [2.75, 3.05) is 0 Å². The van der Waals surface area contributed by atoms with Crippen LogP contribution in [-0.4, -0.2) is 12.0 Å². The largest absolute Gasteiger partial charge is 0.457 e. The van der Waals surface area contributed by atoms with Crippen LogP contribution in [0, 0.1) is 5.92 Å². The van der Waals surface area contributed by atoms with Gasteiger partial charge < -0.3 is 10.5 Å². The van der Waals surface area contributed by atoms with Crippen molar-refractivity contribution in [1.82, 2.24) is 0 Å². The van der Waals surface area contributed by atoms with Gasteiger partial charge >= 0.3 is 5.97 Å². The third kappa shape index (κ3) is 3.86. The lowest BCUT2D eigenvalue weighted by Gasteiger charge is -2.20. The molecule has 3 atom stereocenters. The second kappa shape index (κ2) is 6.40. The minimum atomic E-state index is -0.536. The molecular weight excluding hydrogens is 214 g/mol. The zero-order valence-corrected chi connectivity index (χ0v) is 10.7. The number of carbonyl (C=O) groups is 1. The minimum Gasteiger partial charge on any atom is -0.457 e. The molecule has 0 saturated heterocycles. The number of nitrogens with two attached hydrogens (primary N) is 1. The van der Waals surface area contributed by atoms with E-state index in [9.17, 15) is 4.79 Å². The van der Waals surface area contributed by atoms with E-state index < -0.39 is 6.04 Å². The van der Waals surface area contributed by atoms with Gasteiger partial charge in [0.05, 0.1) is 0 Å². The smallest absolute Gasteiger partial charge is 0.323 e. The van der Waals surface area contributed by atoms with Gasteiger partial charge in [-0.05, 0) is 18.4 Å². The molecule has 0 amide bonds. The Kier molecular flexibility index (Phi) is 5.16. The molecule has 17 heavy (non-hydrogen) atoms. The van der Waals surface area contributed by atoms with Crippen molar-refractivity contribution in [2.45, 2.75) is 39.3 Å². The van der Waals surface area contributed by atoms with Crippen LogP contribution in [0.15, 0.2) is 30.3 Å². The highest BCUT2D eigenvalue weighted by molar-refractivity contribution is 5.76. The molecule has 1 rings (SSSR count). The first-order valence-corrected chi connectivity index (χ1v) is 6.07. The first-order valence-electron chi connectivity index (χ1n) is 6.07. The second-order valence-corrected chi connectivity index (χ2v) is 4.40. The molecule has 0 aliphatic carbocycles.